The SMILES string of the molecule is CCOP(=O)(O)O.CCOP(=O)(O)OCCOCCOCCO. The van der Waals surface area contributed by atoms with Crippen molar-refractivity contribution in [3.05, 3.63) is 0 Å². The molecule has 142 valence electrons. The molecule has 1 atom stereocenters. The predicted octanol–water partition coefficient (Wildman–Crippen LogP) is 0.281. The van der Waals surface area contributed by atoms with Gasteiger partial charge in [0.25, 0.3) is 0 Å². The highest BCUT2D eigenvalue weighted by molar-refractivity contribution is 7.47. The van der Waals surface area contributed by atoms with Gasteiger partial charge in [-0.1, -0.05) is 0 Å². The molecule has 0 saturated carbocycles. The Hall–Kier alpha value is 0.100. The summed E-state index contributed by atoms with van der Waals surface area (Å²) in [6.45, 7) is 4.39. The molecule has 0 radical (unpaired) electrons. The third kappa shape index (κ3) is 24.5. The largest absolute Gasteiger partial charge is 0.472 e. The maximum Gasteiger partial charge on any atom is 0.472 e. The Morgan fingerprint density at radius 3 is 1.61 bits per heavy atom. The molecule has 0 bridgehead atoms. The number of hydrogen-bond donors (Lipinski definition) is 4. The molecule has 0 fully saturated rings. The highest BCUT2D eigenvalue weighted by Gasteiger charge is 2.18. The minimum atomic E-state index is -4.17. The summed E-state index contributed by atoms with van der Waals surface area (Å²) < 4.78 is 43.6. The van der Waals surface area contributed by atoms with Crippen molar-refractivity contribution in [1.29, 1.82) is 0 Å². The van der Waals surface area contributed by atoms with Gasteiger partial charge in [0.1, 0.15) is 0 Å². The first-order valence-electron chi connectivity index (χ1n) is 6.76. The zero-order valence-electron chi connectivity index (χ0n) is 13.2. The van der Waals surface area contributed by atoms with Gasteiger partial charge >= 0.3 is 15.6 Å². The lowest BCUT2D eigenvalue weighted by atomic mass is 10.7. The molecular formula is C10H26O11P2. The first-order chi connectivity index (χ1) is 10.7. The van der Waals surface area contributed by atoms with Crippen LogP contribution in [0.5, 0.6) is 0 Å². The van der Waals surface area contributed by atoms with Crippen molar-refractivity contribution in [3.63, 3.8) is 0 Å². The fourth-order valence-electron chi connectivity index (χ4n) is 0.967. The van der Waals surface area contributed by atoms with E-state index in [0.29, 0.717) is 13.2 Å². The van der Waals surface area contributed by atoms with Gasteiger partial charge in [-0.05, 0) is 13.8 Å². The maximum absolute atomic E-state index is 11.0. The molecular weight excluding hydrogens is 358 g/mol. The van der Waals surface area contributed by atoms with Crippen LogP contribution in [-0.4, -0.2) is 72.6 Å². The number of aliphatic hydroxyl groups is 1. The van der Waals surface area contributed by atoms with Gasteiger partial charge in [0.2, 0.25) is 0 Å². The molecule has 0 aromatic carbocycles. The smallest absolute Gasteiger partial charge is 0.394 e. The molecule has 4 N–H and O–H groups in total. The van der Waals surface area contributed by atoms with Crippen LogP contribution in [0.3, 0.4) is 0 Å². The number of rotatable bonds is 13. The minimum absolute atomic E-state index is 0.0201. The lowest BCUT2D eigenvalue weighted by Gasteiger charge is -2.10. The third-order valence-electron chi connectivity index (χ3n) is 1.68. The quantitative estimate of drug-likeness (QED) is 0.255. The molecule has 0 aliphatic carbocycles. The van der Waals surface area contributed by atoms with Crippen LogP contribution in [0.2, 0.25) is 0 Å². The number of phosphoric ester groups is 2. The van der Waals surface area contributed by atoms with E-state index >= 15 is 0 Å². The molecule has 23 heavy (non-hydrogen) atoms. The van der Waals surface area contributed by atoms with E-state index in [1.165, 1.54) is 6.92 Å². The molecule has 0 rings (SSSR count). The van der Waals surface area contributed by atoms with Crippen LogP contribution < -0.4 is 0 Å². The van der Waals surface area contributed by atoms with Gasteiger partial charge in [0.15, 0.2) is 0 Å². The Labute approximate surface area is 135 Å². The Morgan fingerprint density at radius 2 is 1.22 bits per heavy atom. The normalized spacial score (nSPS) is 14.0. The average Bonchev–Trinajstić information content (AvgIpc) is 2.41. The third-order valence-corrected chi connectivity index (χ3v) is 3.37. The van der Waals surface area contributed by atoms with Crippen molar-refractivity contribution in [2.75, 3.05) is 52.9 Å². The summed E-state index contributed by atoms with van der Waals surface area (Å²) in [7, 11) is -8.07. The second kappa shape index (κ2) is 15.6. The second-order valence-electron chi connectivity index (χ2n) is 3.58. The van der Waals surface area contributed by atoms with Crippen molar-refractivity contribution in [2.24, 2.45) is 0 Å². The summed E-state index contributed by atoms with van der Waals surface area (Å²) in [5, 5.41) is 8.39. The van der Waals surface area contributed by atoms with E-state index in [0.717, 1.165) is 0 Å². The molecule has 0 aromatic heterocycles. The highest BCUT2D eigenvalue weighted by atomic mass is 31.2. The number of aliphatic hydroxyl groups excluding tert-OH is 1. The first-order valence-corrected chi connectivity index (χ1v) is 9.79. The number of phosphoric acid groups is 2. The number of hydrogen-bond acceptors (Lipinski definition) is 8. The van der Waals surface area contributed by atoms with E-state index in [-0.39, 0.29) is 39.6 Å². The van der Waals surface area contributed by atoms with Gasteiger partial charge in [-0.25, -0.2) is 9.13 Å². The van der Waals surface area contributed by atoms with E-state index in [9.17, 15) is 9.13 Å². The summed E-state index contributed by atoms with van der Waals surface area (Å²) in [4.78, 5) is 24.8. The second-order valence-corrected chi connectivity index (χ2v) is 6.27. The molecule has 0 saturated heterocycles. The van der Waals surface area contributed by atoms with Gasteiger partial charge in [-0.3, -0.25) is 13.6 Å². The fourth-order valence-corrected chi connectivity index (χ4v) is 2.01. The lowest BCUT2D eigenvalue weighted by molar-refractivity contribution is 0.0203. The van der Waals surface area contributed by atoms with Crippen LogP contribution in [0.25, 0.3) is 0 Å². The fraction of sp³-hybridized carbons (Fsp3) is 1.00. The topological polar surface area (TPSA) is 161 Å². The van der Waals surface area contributed by atoms with Crippen molar-refractivity contribution in [2.45, 2.75) is 13.8 Å². The Balaban J connectivity index is 0. The van der Waals surface area contributed by atoms with Crippen molar-refractivity contribution in [3.8, 4) is 0 Å². The van der Waals surface area contributed by atoms with Gasteiger partial charge in [-0.2, -0.15) is 0 Å². The predicted molar refractivity (Wildman–Crippen MR) is 79.8 cm³/mol. The maximum atomic E-state index is 11.0. The van der Waals surface area contributed by atoms with Crippen LogP contribution in [0.4, 0.5) is 0 Å². The number of ether oxygens (including phenoxy) is 2. The first kappa shape index (κ1) is 25.3. The molecule has 1 unspecified atom stereocenters. The van der Waals surface area contributed by atoms with Crippen molar-refractivity contribution >= 4 is 15.6 Å². The van der Waals surface area contributed by atoms with E-state index in [1.807, 2.05) is 0 Å². The summed E-state index contributed by atoms with van der Waals surface area (Å²) in [5.74, 6) is 0. The summed E-state index contributed by atoms with van der Waals surface area (Å²) in [6, 6.07) is 0. The van der Waals surface area contributed by atoms with Crippen LogP contribution in [-0.2, 0) is 32.2 Å². The molecule has 11 nitrogen and oxygen atoms in total. The molecule has 0 spiro atoms. The molecule has 0 aliphatic heterocycles. The highest BCUT2D eigenvalue weighted by Crippen LogP contribution is 2.42. The van der Waals surface area contributed by atoms with Gasteiger partial charge < -0.3 is 29.3 Å². The Morgan fingerprint density at radius 1 is 0.739 bits per heavy atom. The van der Waals surface area contributed by atoms with Crippen molar-refractivity contribution < 1.29 is 52.0 Å². The Kier molecular flexibility index (Phi) is 17.2. The molecule has 0 aliphatic rings. The van der Waals surface area contributed by atoms with E-state index < -0.39 is 15.6 Å². The molecule has 0 heterocycles. The van der Waals surface area contributed by atoms with E-state index in [2.05, 4.69) is 13.6 Å². The Bertz CT molecular complexity index is 346. The summed E-state index contributed by atoms with van der Waals surface area (Å²) >= 11 is 0. The van der Waals surface area contributed by atoms with Gasteiger partial charge in [-0.15, -0.1) is 0 Å². The van der Waals surface area contributed by atoms with E-state index in [1.54, 1.807) is 6.92 Å². The zero-order valence-corrected chi connectivity index (χ0v) is 15.0. The van der Waals surface area contributed by atoms with E-state index in [4.69, 9.17) is 29.3 Å². The van der Waals surface area contributed by atoms with Crippen LogP contribution in [0.15, 0.2) is 0 Å². The minimum Gasteiger partial charge on any atom is -0.394 e. The molecule has 0 aromatic rings. The lowest BCUT2D eigenvalue weighted by Crippen LogP contribution is -2.10. The summed E-state index contributed by atoms with van der Waals surface area (Å²) in [5.41, 5.74) is 0. The zero-order chi connectivity index (χ0) is 18.2. The van der Waals surface area contributed by atoms with Gasteiger partial charge in [0, 0.05) is 0 Å². The molecule has 0 amide bonds. The summed E-state index contributed by atoms with van der Waals surface area (Å²) in [6.07, 6.45) is 0. The van der Waals surface area contributed by atoms with Crippen LogP contribution in [0.1, 0.15) is 13.8 Å². The standard InChI is InChI=1S/C8H19O7P.C2H7O4P/c1-2-14-16(10,11)15-8-7-13-6-5-12-4-3-9;1-2-6-7(3,4)5/h9H,2-8H2,1H3,(H,10,11);2H2,1H3,(H2,3,4,5). The van der Waals surface area contributed by atoms with Crippen LogP contribution in [0, 0.1) is 0 Å². The monoisotopic (exact) mass is 384 g/mol. The molecule has 13 heteroatoms. The van der Waals surface area contributed by atoms with Crippen molar-refractivity contribution in [1.82, 2.24) is 0 Å². The average molecular weight is 384 g/mol. The van der Waals surface area contributed by atoms with Crippen LogP contribution >= 0.6 is 15.6 Å². The van der Waals surface area contributed by atoms with Gasteiger partial charge in [0.05, 0.1) is 52.9 Å².